The van der Waals surface area contributed by atoms with Crippen molar-refractivity contribution in [2.75, 3.05) is 20.3 Å². The Bertz CT molecular complexity index is 394. The SMILES string of the molecule is COc1ccc(CCCN)cc1COCC(F)(F)F. The van der Waals surface area contributed by atoms with E-state index >= 15 is 0 Å². The summed E-state index contributed by atoms with van der Waals surface area (Å²) in [6, 6.07) is 5.41. The van der Waals surface area contributed by atoms with E-state index in [9.17, 15) is 13.2 Å². The smallest absolute Gasteiger partial charge is 0.411 e. The van der Waals surface area contributed by atoms with Crippen molar-refractivity contribution in [3.63, 3.8) is 0 Å². The van der Waals surface area contributed by atoms with E-state index in [-0.39, 0.29) is 6.61 Å². The van der Waals surface area contributed by atoms with Crippen LogP contribution in [0.3, 0.4) is 0 Å². The first-order valence-corrected chi connectivity index (χ1v) is 5.96. The molecule has 6 heteroatoms. The van der Waals surface area contributed by atoms with Crippen LogP contribution in [-0.2, 0) is 17.8 Å². The summed E-state index contributed by atoms with van der Waals surface area (Å²) in [4.78, 5) is 0. The Morgan fingerprint density at radius 1 is 1.26 bits per heavy atom. The highest BCUT2D eigenvalue weighted by Crippen LogP contribution is 2.23. The van der Waals surface area contributed by atoms with Crippen LogP contribution in [0, 0.1) is 0 Å². The van der Waals surface area contributed by atoms with Gasteiger partial charge in [-0.05, 0) is 37.1 Å². The van der Waals surface area contributed by atoms with E-state index in [0.29, 0.717) is 17.9 Å². The predicted molar refractivity (Wildman–Crippen MR) is 66.1 cm³/mol. The normalized spacial score (nSPS) is 11.6. The van der Waals surface area contributed by atoms with Crippen LogP contribution in [-0.4, -0.2) is 26.4 Å². The maximum Gasteiger partial charge on any atom is 0.411 e. The van der Waals surface area contributed by atoms with Gasteiger partial charge in [0.05, 0.1) is 13.7 Å². The Balaban J connectivity index is 2.67. The van der Waals surface area contributed by atoms with E-state index in [0.717, 1.165) is 18.4 Å². The Morgan fingerprint density at radius 2 is 2.00 bits per heavy atom. The second-order valence-corrected chi connectivity index (χ2v) is 4.15. The minimum absolute atomic E-state index is 0.126. The first-order chi connectivity index (χ1) is 8.96. The molecule has 1 aromatic carbocycles. The maximum atomic E-state index is 12.0. The van der Waals surface area contributed by atoms with E-state index in [1.165, 1.54) is 7.11 Å². The third-order valence-corrected chi connectivity index (χ3v) is 2.54. The molecule has 0 aromatic heterocycles. The number of aryl methyl sites for hydroxylation is 1. The van der Waals surface area contributed by atoms with Gasteiger partial charge in [-0.3, -0.25) is 0 Å². The van der Waals surface area contributed by atoms with E-state index in [2.05, 4.69) is 4.74 Å². The zero-order valence-electron chi connectivity index (χ0n) is 10.8. The summed E-state index contributed by atoms with van der Waals surface area (Å²) in [5.41, 5.74) is 7.05. The first-order valence-electron chi connectivity index (χ1n) is 5.96. The summed E-state index contributed by atoms with van der Waals surface area (Å²) in [6.07, 6.45) is -2.70. The quantitative estimate of drug-likeness (QED) is 0.833. The number of alkyl halides is 3. The van der Waals surface area contributed by atoms with Crippen LogP contribution in [0.2, 0.25) is 0 Å². The lowest BCUT2D eigenvalue weighted by Gasteiger charge is -2.12. The van der Waals surface area contributed by atoms with Crippen molar-refractivity contribution in [3.8, 4) is 5.75 Å². The minimum atomic E-state index is -4.32. The molecule has 0 bridgehead atoms. The molecule has 0 aliphatic heterocycles. The van der Waals surface area contributed by atoms with Crippen LogP contribution in [0.1, 0.15) is 17.5 Å². The fourth-order valence-corrected chi connectivity index (χ4v) is 1.68. The second-order valence-electron chi connectivity index (χ2n) is 4.15. The molecule has 0 amide bonds. The summed E-state index contributed by atoms with van der Waals surface area (Å²) >= 11 is 0. The number of hydrogen-bond acceptors (Lipinski definition) is 3. The molecule has 2 N–H and O–H groups in total. The molecule has 0 saturated carbocycles. The molecule has 1 aromatic rings. The van der Waals surface area contributed by atoms with Crippen molar-refractivity contribution in [2.24, 2.45) is 5.73 Å². The molecule has 0 aliphatic rings. The monoisotopic (exact) mass is 277 g/mol. The Hall–Kier alpha value is -1.27. The van der Waals surface area contributed by atoms with E-state index in [4.69, 9.17) is 10.5 Å². The van der Waals surface area contributed by atoms with Crippen molar-refractivity contribution >= 4 is 0 Å². The molecule has 3 nitrogen and oxygen atoms in total. The molecular formula is C13H18F3NO2. The molecule has 19 heavy (non-hydrogen) atoms. The van der Waals surface area contributed by atoms with Crippen LogP contribution in [0.25, 0.3) is 0 Å². The topological polar surface area (TPSA) is 44.5 Å². The van der Waals surface area contributed by atoms with Gasteiger partial charge in [-0.1, -0.05) is 6.07 Å². The van der Waals surface area contributed by atoms with Gasteiger partial charge in [0.25, 0.3) is 0 Å². The molecule has 0 spiro atoms. The summed E-state index contributed by atoms with van der Waals surface area (Å²) in [7, 11) is 1.47. The second kappa shape index (κ2) is 7.35. The highest BCUT2D eigenvalue weighted by atomic mass is 19.4. The lowest BCUT2D eigenvalue weighted by Crippen LogP contribution is -2.16. The number of methoxy groups -OCH3 is 1. The van der Waals surface area contributed by atoms with Crippen LogP contribution >= 0.6 is 0 Å². The number of benzene rings is 1. The average Bonchev–Trinajstić information content (AvgIpc) is 2.35. The Kier molecular flexibility index (Phi) is 6.11. The molecule has 0 fully saturated rings. The number of rotatable bonds is 7. The Labute approximate surface area is 110 Å². The third-order valence-electron chi connectivity index (χ3n) is 2.54. The van der Waals surface area contributed by atoms with Crippen LogP contribution in [0.15, 0.2) is 18.2 Å². The van der Waals surface area contributed by atoms with Gasteiger partial charge in [-0.25, -0.2) is 0 Å². The summed E-state index contributed by atoms with van der Waals surface area (Å²) < 4.78 is 45.8. The van der Waals surface area contributed by atoms with Gasteiger partial charge in [-0.2, -0.15) is 13.2 Å². The molecule has 0 saturated heterocycles. The number of nitrogens with two attached hydrogens (primary N) is 1. The third kappa shape index (κ3) is 5.94. The minimum Gasteiger partial charge on any atom is -0.496 e. The highest BCUT2D eigenvalue weighted by Gasteiger charge is 2.27. The Morgan fingerprint density at radius 3 is 2.58 bits per heavy atom. The number of halogens is 3. The zero-order valence-corrected chi connectivity index (χ0v) is 10.8. The molecule has 0 heterocycles. The van der Waals surface area contributed by atoms with Gasteiger partial charge < -0.3 is 15.2 Å². The molecule has 0 aliphatic carbocycles. The van der Waals surface area contributed by atoms with Gasteiger partial charge >= 0.3 is 6.18 Å². The molecule has 0 radical (unpaired) electrons. The van der Waals surface area contributed by atoms with Crippen molar-refractivity contribution in [1.82, 2.24) is 0 Å². The average molecular weight is 277 g/mol. The van der Waals surface area contributed by atoms with Crippen molar-refractivity contribution < 1.29 is 22.6 Å². The molecule has 1 rings (SSSR count). The van der Waals surface area contributed by atoms with Crippen LogP contribution in [0.4, 0.5) is 13.2 Å². The summed E-state index contributed by atoms with van der Waals surface area (Å²) in [6.45, 7) is -0.811. The molecule has 108 valence electrons. The number of hydrogen-bond donors (Lipinski definition) is 1. The molecule has 0 unspecified atom stereocenters. The van der Waals surface area contributed by atoms with Crippen LogP contribution in [0.5, 0.6) is 5.75 Å². The fraction of sp³-hybridized carbons (Fsp3) is 0.538. The van der Waals surface area contributed by atoms with Crippen molar-refractivity contribution in [3.05, 3.63) is 29.3 Å². The standard InChI is InChI=1S/C13H18F3NO2/c1-18-12-5-4-10(3-2-6-17)7-11(12)8-19-9-13(14,15)16/h4-5,7H,2-3,6,8-9,17H2,1H3. The maximum absolute atomic E-state index is 12.0. The van der Waals surface area contributed by atoms with Crippen molar-refractivity contribution in [2.45, 2.75) is 25.6 Å². The van der Waals surface area contributed by atoms with Crippen molar-refractivity contribution in [1.29, 1.82) is 0 Å². The largest absolute Gasteiger partial charge is 0.496 e. The van der Waals surface area contributed by atoms with E-state index < -0.39 is 12.8 Å². The van der Waals surface area contributed by atoms with Gasteiger partial charge in [0.1, 0.15) is 12.4 Å². The van der Waals surface area contributed by atoms with Gasteiger partial charge in [0.15, 0.2) is 0 Å². The van der Waals surface area contributed by atoms with E-state index in [1.807, 2.05) is 6.07 Å². The first kappa shape index (κ1) is 15.8. The lowest BCUT2D eigenvalue weighted by molar-refractivity contribution is -0.176. The highest BCUT2D eigenvalue weighted by molar-refractivity contribution is 5.37. The predicted octanol–water partition coefficient (Wildman–Crippen LogP) is 2.67. The number of ether oxygens (including phenoxy) is 2. The zero-order chi connectivity index (χ0) is 14.3. The van der Waals surface area contributed by atoms with Gasteiger partial charge in [0, 0.05) is 5.56 Å². The summed E-state index contributed by atoms with van der Waals surface area (Å²) in [5.74, 6) is 0.527. The molecule has 0 atom stereocenters. The van der Waals surface area contributed by atoms with Crippen LogP contribution < -0.4 is 10.5 Å². The fourth-order valence-electron chi connectivity index (χ4n) is 1.68. The summed E-state index contributed by atoms with van der Waals surface area (Å²) in [5, 5.41) is 0. The van der Waals surface area contributed by atoms with Gasteiger partial charge in [-0.15, -0.1) is 0 Å². The lowest BCUT2D eigenvalue weighted by atomic mass is 10.1. The van der Waals surface area contributed by atoms with E-state index in [1.54, 1.807) is 12.1 Å². The molecular weight excluding hydrogens is 259 g/mol. The van der Waals surface area contributed by atoms with Gasteiger partial charge in [0.2, 0.25) is 0 Å².